The van der Waals surface area contributed by atoms with Crippen molar-refractivity contribution >= 4 is 11.8 Å². The largest absolute Gasteiger partial charge is 0.356 e. The summed E-state index contributed by atoms with van der Waals surface area (Å²) in [7, 11) is 0. The van der Waals surface area contributed by atoms with Gasteiger partial charge >= 0.3 is 0 Å². The van der Waals surface area contributed by atoms with Crippen molar-refractivity contribution in [3.05, 3.63) is 35.6 Å². The highest BCUT2D eigenvalue weighted by atomic mass is 19.1. The molecule has 28 heavy (non-hydrogen) atoms. The van der Waals surface area contributed by atoms with Gasteiger partial charge in [0.1, 0.15) is 5.82 Å². The summed E-state index contributed by atoms with van der Waals surface area (Å²) >= 11 is 0. The van der Waals surface area contributed by atoms with Crippen LogP contribution in [0.25, 0.3) is 0 Å². The molecule has 1 aromatic carbocycles. The Bertz CT molecular complexity index is 648. The van der Waals surface area contributed by atoms with Crippen LogP contribution in [0, 0.1) is 17.7 Å². The molecular formula is C23H33FN2O2. The maximum Gasteiger partial charge on any atom is 0.223 e. The van der Waals surface area contributed by atoms with Gasteiger partial charge in [-0.25, -0.2) is 4.39 Å². The van der Waals surface area contributed by atoms with Gasteiger partial charge in [0.15, 0.2) is 0 Å². The zero-order valence-electron chi connectivity index (χ0n) is 16.7. The molecule has 1 aromatic rings. The average molecular weight is 389 g/mol. The Labute approximate surface area is 167 Å². The number of hydrogen-bond acceptors (Lipinski definition) is 2. The van der Waals surface area contributed by atoms with Crippen molar-refractivity contribution in [1.82, 2.24) is 10.6 Å². The normalized spacial score (nSPS) is 23.6. The molecule has 0 heterocycles. The van der Waals surface area contributed by atoms with E-state index in [0.29, 0.717) is 24.6 Å². The van der Waals surface area contributed by atoms with Gasteiger partial charge in [0.2, 0.25) is 11.8 Å². The monoisotopic (exact) mass is 388 g/mol. The van der Waals surface area contributed by atoms with Crippen molar-refractivity contribution in [3.63, 3.8) is 0 Å². The number of halogens is 1. The maximum atomic E-state index is 13.6. The van der Waals surface area contributed by atoms with Crippen LogP contribution in [-0.4, -0.2) is 24.4 Å². The van der Waals surface area contributed by atoms with Gasteiger partial charge in [-0.15, -0.1) is 0 Å². The van der Waals surface area contributed by atoms with Gasteiger partial charge in [0, 0.05) is 24.4 Å². The summed E-state index contributed by atoms with van der Waals surface area (Å²) in [5.74, 6) is 0.0227. The minimum absolute atomic E-state index is 0.0254. The van der Waals surface area contributed by atoms with E-state index in [1.54, 1.807) is 12.1 Å². The van der Waals surface area contributed by atoms with Crippen LogP contribution in [0.4, 0.5) is 4.39 Å². The van der Waals surface area contributed by atoms with Crippen LogP contribution >= 0.6 is 0 Å². The van der Waals surface area contributed by atoms with Gasteiger partial charge in [0.25, 0.3) is 0 Å². The standard InChI is InChI=1S/C23H33FN2O2/c24-21-10-6-5-7-17(21)15-16-25-22(27)18-11-13-19(14-12-18)23(28)26-20-8-3-1-2-4-9-20/h5-7,10,18-20H,1-4,8-9,11-16H2,(H,25,27)(H,26,28). The lowest BCUT2D eigenvalue weighted by atomic mass is 9.81. The minimum atomic E-state index is -0.225. The molecule has 2 amide bonds. The molecule has 2 saturated carbocycles. The van der Waals surface area contributed by atoms with Crippen molar-refractivity contribution in [2.75, 3.05) is 6.54 Å². The molecule has 3 rings (SSSR count). The van der Waals surface area contributed by atoms with Gasteiger partial charge in [-0.05, 0) is 56.6 Å². The van der Waals surface area contributed by atoms with E-state index in [-0.39, 0.29) is 29.5 Å². The topological polar surface area (TPSA) is 58.2 Å². The Balaban J connectivity index is 1.36. The SMILES string of the molecule is O=C(NCCc1ccccc1F)C1CCC(C(=O)NC2CCCCCC2)CC1. The van der Waals surface area contributed by atoms with Gasteiger partial charge in [0.05, 0.1) is 0 Å². The molecule has 0 bridgehead atoms. The van der Waals surface area contributed by atoms with E-state index in [1.165, 1.54) is 31.7 Å². The molecule has 0 unspecified atom stereocenters. The summed E-state index contributed by atoms with van der Waals surface area (Å²) in [6.45, 7) is 0.446. The zero-order chi connectivity index (χ0) is 19.8. The van der Waals surface area contributed by atoms with Crippen LogP contribution in [0.3, 0.4) is 0 Å². The molecular weight excluding hydrogens is 355 g/mol. The molecule has 2 aliphatic carbocycles. The molecule has 0 spiro atoms. The fourth-order valence-electron chi connectivity index (χ4n) is 4.53. The van der Waals surface area contributed by atoms with Gasteiger partial charge in [-0.3, -0.25) is 9.59 Å². The number of hydrogen-bond donors (Lipinski definition) is 2. The molecule has 0 saturated heterocycles. The smallest absolute Gasteiger partial charge is 0.223 e. The lowest BCUT2D eigenvalue weighted by molar-refractivity contribution is -0.131. The number of carbonyl (C=O) groups is 2. The van der Waals surface area contributed by atoms with Gasteiger partial charge in [-0.2, -0.15) is 0 Å². The lowest BCUT2D eigenvalue weighted by Gasteiger charge is -2.28. The number of rotatable bonds is 6. The van der Waals surface area contributed by atoms with Crippen LogP contribution in [-0.2, 0) is 16.0 Å². The van der Waals surface area contributed by atoms with Crippen LogP contribution in [0.15, 0.2) is 24.3 Å². The Hall–Kier alpha value is -1.91. The summed E-state index contributed by atoms with van der Waals surface area (Å²) in [6.07, 6.45) is 10.8. The first-order chi connectivity index (χ1) is 13.6. The first-order valence-corrected chi connectivity index (χ1v) is 10.9. The molecule has 5 heteroatoms. The Morgan fingerprint density at radius 3 is 2.11 bits per heavy atom. The molecule has 0 aromatic heterocycles. The summed E-state index contributed by atoms with van der Waals surface area (Å²) in [5, 5.41) is 6.19. The van der Waals surface area contributed by atoms with Crippen molar-refractivity contribution in [3.8, 4) is 0 Å². The second kappa shape index (κ2) is 10.6. The summed E-state index contributed by atoms with van der Waals surface area (Å²) in [4.78, 5) is 25.0. The second-order valence-electron chi connectivity index (χ2n) is 8.38. The third kappa shape index (κ3) is 6.05. The van der Waals surface area contributed by atoms with Crippen molar-refractivity contribution in [1.29, 1.82) is 0 Å². The van der Waals surface area contributed by atoms with E-state index in [9.17, 15) is 14.0 Å². The number of benzene rings is 1. The predicted molar refractivity (Wildman–Crippen MR) is 108 cm³/mol. The van der Waals surface area contributed by atoms with Crippen molar-refractivity contribution in [2.24, 2.45) is 11.8 Å². The third-order valence-corrected chi connectivity index (χ3v) is 6.32. The van der Waals surface area contributed by atoms with Crippen molar-refractivity contribution in [2.45, 2.75) is 76.7 Å². The number of carbonyl (C=O) groups excluding carboxylic acids is 2. The lowest BCUT2D eigenvalue weighted by Crippen LogP contribution is -2.41. The van der Waals surface area contributed by atoms with Crippen molar-refractivity contribution < 1.29 is 14.0 Å². The molecule has 2 fully saturated rings. The molecule has 0 atom stereocenters. The Morgan fingerprint density at radius 1 is 0.857 bits per heavy atom. The van der Waals surface area contributed by atoms with Gasteiger partial charge < -0.3 is 10.6 Å². The fourth-order valence-corrected chi connectivity index (χ4v) is 4.53. The van der Waals surface area contributed by atoms with Gasteiger partial charge in [-0.1, -0.05) is 43.9 Å². The average Bonchev–Trinajstić information content (AvgIpc) is 2.98. The highest BCUT2D eigenvalue weighted by Gasteiger charge is 2.30. The van der Waals surface area contributed by atoms with E-state index in [0.717, 1.165) is 38.5 Å². The minimum Gasteiger partial charge on any atom is -0.356 e. The maximum absolute atomic E-state index is 13.6. The molecule has 0 radical (unpaired) electrons. The van der Waals surface area contributed by atoms with Crippen LogP contribution in [0.5, 0.6) is 0 Å². The van der Waals surface area contributed by atoms with E-state index < -0.39 is 0 Å². The molecule has 154 valence electrons. The first-order valence-electron chi connectivity index (χ1n) is 10.9. The van der Waals surface area contributed by atoms with E-state index in [2.05, 4.69) is 10.6 Å². The Kier molecular flexibility index (Phi) is 7.87. The Morgan fingerprint density at radius 2 is 1.46 bits per heavy atom. The van der Waals surface area contributed by atoms with E-state index >= 15 is 0 Å². The second-order valence-corrected chi connectivity index (χ2v) is 8.38. The fraction of sp³-hybridized carbons (Fsp3) is 0.652. The molecule has 4 nitrogen and oxygen atoms in total. The molecule has 2 aliphatic rings. The quantitative estimate of drug-likeness (QED) is 0.720. The van der Waals surface area contributed by atoms with Crippen LogP contribution in [0.2, 0.25) is 0 Å². The summed E-state index contributed by atoms with van der Waals surface area (Å²) in [5.41, 5.74) is 0.627. The summed E-state index contributed by atoms with van der Waals surface area (Å²) in [6, 6.07) is 7.01. The van der Waals surface area contributed by atoms with E-state index in [4.69, 9.17) is 0 Å². The highest BCUT2D eigenvalue weighted by molar-refractivity contribution is 5.81. The zero-order valence-corrected chi connectivity index (χ0v) is 16.7. The molecule has 0 aliphatic heterocycles. The third-order valence-electron chi connectivity index (χ3n) is 6.32. The molecule has 2 N–H and O–H groups in total. The summed E-state index contributed by atoms with van der Waals surface area (Å²) < 4.78 is 13.6. The highest BCUT2D eigenvalue weighted by Crippen LogP contribution is 2.29. The van der Waals surface area contributed by atoms with E-state index in [1.807, 2.05) is 6.07 Å². The van der Waals surface area contributed by atoms with Crippen LogP contribution < -0.4 is 10.6 Å². The number of nitrogens with one attached hydrogen (secondary N) is 2. The van der Waals surface area contributed by atoms with Crippen LogP contribution in [0.1, 0.15) is 69.8 Å². The number of amides is 2. The first kappa shape index (κ1) is 20.8. The predicted octanol–water partition coefficient (Wildman–Crippen LogP) is 4.13.